The summed E-state index contributed by atoms with van der Waals surface area (Å²) in [6, 6.07) is 8.08. The first kappa shape index (κ1) is 12.5. The van der Waals surface area contributed by atoms with Crippen LogP contribution >= 0.6 is 0 Å². The topological polar surface area (TPSA) is 34.4 Å². The first-order valence-electron chi connectivity index (χ1n) is 7.13. The molecule has 1 fully saturated rings. The van der Waals surface area contributed by atoms with Gasteiger partial charge in [-0.15, -0.1) is 0 Å². The van der Waals surface area contributed by atoms with Crippen molar-refractivity contribution in [3.8, 4) is 5.75 Å². The van der Waals surface area contributed by atoms with Crippen LogP contribution in [-0.2, 0) is 6.54 Å². The molecule has 0 atom stereocenters. The Balaban J connectivity index is 1.64. The molecule has 3 nitrogen and oxygen atoms in total. The molecule has 1 aliphatic rings. The molecule has 1 saturated carbocycles. The molecule has 0 saturated heterocycles. The Hall–Kier alpha value is -1.48. The average Bonchev–Trinajstić information content (AvgIpc) is 3.06. The van der Waals surface area contributed by atoms with Gasteiger partial charge in [-0.25, -0.2) is 0 Å². The summed E-state index contributed by atoms with van der Waals surface area (Å²) in [5, 5.41) is 4.62. The smallest absolute Gasteiger partial charge is 0.176 e. The normalized spacial score (nSPS) is 16.3. The van der Waals surface area contributed by atoms with Crippen molar-refractivity contribution in [2.75, 3.05) is 13.7 Å². The Morgan fingerprint density at radius 2 is 2.16 bits per heavy atom. The molecule has 2 aromatic rings. The maximum Gasteiger partial charge on any atom is 0.176 e. The van der Waals surface area contributed by atoms with Crippen LogP contribution in [0.5, 0.6) is 5.75 Å². The zero-order valence-corrected chi connectivity index (χ0v) is 11.4. The molecule has 0 unspecified atom stereocenters. The molecule has 3 rings (SSSR count). The minimum absolute atomic E-state index is 0.800. The molecule has 0 bridgehead atoms. The van der Waals surface area contributed by atoms with Crippen LogP contribution in [0, 0.1) is 5.92 Å². The minimum atomic E-state index is 0.800. The number of nitrogens with one attached hydrogen (secondary N) is 1. The maximum atomic E-state index is 5.87. The minimum Gasteiger partial charge on any atom is -0.493 e. The molecule has 0 amide bonds. The fourth-order valence-corrected chi connectivity index (χ4v) is 2.95. The molecule has 3 heteroatoms. The van der Waals surface area contributed by atoms with Gasteiger partial charge in [0.25, 0.3) is 0 Å². The number of methoxy groups -OCH3 is 1. The molecule has 19 heavy (non-hydrogen) atoms. The van der Waals surface area contributed by atoms with E-state index in [0.29, 0.717) is 0 Å². The molecule has 1 aromatic carbocycles. The maximum absolute atomic E-state index is 5.87. The van der Waals surface area contributed by atoms with E-state index in [9.17, 15) is 0 Å². The van der Waals surface area contributed by atoms with E-state index in [1.165, 1.54) is 25.7 Å². The highest BCUT2D eigenvalue weighted by atomic mass is 16.5. The second-order valence-corrected chi connectivity index (χ2v) is 5.37. The number of ether oxygens (including phenoxy) is 1. The molecule has 1 N–H and O–H groups in total. The molecule has 0 spiro atoms. The molecule has 1 aliphatic carbocycles. The highest BCUT2D eigenvalue weighted by molar-refractivity contribution is 5.83. The summed E-state index contributed by atoms with van der Waals surface area (Å²) >= 11 is 0. The van der Waals surface area contributed by atoms with Crippen molar-refractivity contribution in [3.63, 3.8) is 0 Å². The van der Waals surface area contributed by atoms with Crippen LogP contribution in [0.4, 0.5) is 0 Å². The van der Waals surface area contributed by atoms with Gasteiger partial charge in [0.2, 0.25) is 0 Å². The number of benzene rings is 1. The molecule has 1 heterocycles. The van der Waals surface area contributed by atoms with Crippen LogP contribution in [0.3, 0.4) is 0 Å². The third-order valence-electron chi connectivity index (χ3n) is 3.99. The Labute approximate surface area is 113 Å². The van der Waals surface area contributed by atoms with E-state index in [1.54, 1.807) is 7.11 Å². The zero-order valence-electron chi connectivity index (χ0n) is 11.4. The summed E-state index contributed by atoms with van der Waals surface area (Å²) in [7, 11) is 1.68. The van der Waals surface area contributed by atoms with Gasteiger partial charge in [-0.05, 0) is 37.4 Å². The lowest BCUT2D eigenvalue weighted by molar-refractivity contribution is 0.404. The number of furan rings is 1. The fraction of sp³-hybridized carbons (Fsp3) is 0.500. The van der Waals surface area contributed by atoms with Crippen molar-refractivity contribution in [2.45, 2.75) is 32.2 Å². The average molecular weight is 259 g/mol. The van der Waals surface area contributed by atoms with Gasteiger partial charge in [-0.3, -0.25) is 0 Å². The van der Waals surface area contributed by atoms with E-state index in [4.69, 9.17) is 9.15 Å². The van der Waals surface area contributed by atoms with Gasteiger partial charge < -0.3 is 14.5 Å². The van der Waals surface area contributed by atoms with Gasteiger partial charge in [-0.2, -0.15) is 0 Å². The van der Waals surface area contributed by atoms with Crippen molar-refractivity contribution in [3.05, 3.63) is 30.0 Å². The summed E-state index contributed by atoms with van der Waals surface area (Å²) in [4.78, 5) is 0. The lowest BCUT2D eigenvalue weighted by Gasteiger charge is -2.08. The van der Waals surface area contributed by atoms with E-state index in [1.807, 2.05) is 12.1 Å². The third-order valence-corrected chi connectivity index (χ3v) is 3.99. The summed E-state index contributed by atoms with van der Waals surface area (Å²) < 4.78 is 11.2. The van der Waals surface area contributed by atoms with Crippen molar-refractivity contribution in [1.29, 1.82) is 0 Å². The Bertz CT molecular complexity index is 541. The van der Waals surface area contributed by atoms with Crippen LogP contribution in [0.15, 0.2) is 28.7 Å². The third kappa shape index (κ3) is 2.76. The largest absolute Gasteiger partial charge is 0.493 e. The number of para-hydroxylation sites is 1. The van der Waals surface area contributed by atoms with Crippen molar-refractivity contribution < 1.29 is 9.15 Å². The number of hydrogen-bond donors (Lipinski definition) is 1. The quantitative estimate of drug-likeness (QED) is 0.888. The molecule has 102 valence electrons. The SMILES string of the molecule is COc1cccc2cc(CNCC3CCCC3)oc12. The molecule has 0 radical (unpaired) electrons. The number of hydrogen-bond acceptors (Lipinski definition) is 3. The number of rotatable bonds is 5. The van der Waals surface area contributed by atoms with E-state index < -0.39 is 0 Å². The first-order valence-corrected chi connectivity index (χ1v) is 7.13. The van der Waals surface area contributed by atoms with Gasteiger partial charge in [0.1, 0.15) is 5.76 Å². The summed E-state index contributed by atoms with van der Waals surface area (Å²) in [6.07, 6.45) is 5.55. The molecular weight excluding hydrogens is 238 g/mol. The molecular formula is C16H21NO2. The highest BCUT2D eigenvalue weighted by Crippen LogP contribution is 2.28. The van der Waals surface area contributed by atoms with Crippen molar-refractivity contribution in [2.24, 2.45) is 5.92 Å². The first-order chi connectivity index (χ1) is 9.36. The Morgan fingerprint density at radius 1 is 1.32 bits per heavy atom. The second-order valence-electron chi connectivity index (χ2n) is 5.37. The van der Waals surface area contributed by atoms with Crippen LogP contribution in [0.2, 0.25) is 0 Å². The van der Waals surface area contributed by atoms with Crippen LogP contribution in [0.25, 0.3) is 11.0 Å². The zero-order chi connectivity index (χ0) is 13.1. The monoisotopic (exact) mass is 259 g/mol. The second kappa shape index (κ2) is 5.66. The summed E-state index contributed by atoms with van der Waals surface area (Å²) in [5.41, 5.74) is 0.850. The lowest BCUT2D eigenvalue weighted by Crippen LogP contribution is -2.20. The van der Waals surface area contributed by atoms with Crippen molar-refractivity contribution >= 4 is 11.0 Å². The van der Waals surface area contributed by atoms with Gasteiger partial charge in [0.15, 0.2) is 11.3 Å². The van der Waals surface area contributed by atoms with Crippen LogP contribution in [-0.4, -0.2) is 13.7 Å². The van der Waals surface area contributed by atoms with E-state index in [0.717, 1.165) is 41.5 Å². The van der Waals surface area contributed by atoms with E-state index in [-0.39, 0.29) is 0 Å². The summed E-state index contributed by atoms with van der Waals surface area (Å²) in [6.45, 7) is 1.91. The van der Waals surface area contributed by atoms with Gasteiger partial charge >= 0.3 is 0 Å². The Morgan fingerprint density at radius 3 is 2.95 bits per heavy atom. The van der Waals surface area contributed by atoms with E-state index in [2.05, 4.69) is 17.4 Å². The predicted octanol–water partition coefficient (Wildman–Crippen LogP) is 3.72. The highest BCUT2D eigenvalue weighted by Gasteiger charge is 2.14. The number of fused-ring (bicyclic) bond motifs is 1. The van der Waals surface area contributed by atoms with Gasteiger partial charge in [0, 0.05) is 5.39 Å². The van der Waals surface area contributed by atoms with Gasteiger partial charge in [0.05, 0.1) is 13.7 Å². The predicted molar refractivity (Wildman–Crippen MR) is 76.4 cm³/mol. The van der Waals surface area contributed by atoms with E-state index >= 15 is 0 Å². The Kier molecular flexibility index (Phi) is 3.74. The molecule has 0 aliphatic heterocycles. The van der Waals surface area contributed by atoms with Crippen molar-refractivity contribution in [1.82, 2.24) is 5.32 Å². The standard InChI is InChI=1S/C16H21NO2/c1-18-15-8-4-7-13-9-14(19-16(13)15)11-17-10-12-5-2-3-6-12/h4,7-9,12,17H,2-3,5-6,10-11H2,1H3. The van der Waals surface area contributed by atoms with Gasteiger partial charge in [-0.1, -0.05) is 25.0 Å². The summed E-state index contributed by atoms with van der Waals surface area (Å²) in [5.74, 6) is 2.65. The lowest BCUT2D eigenvalue weighted by atomic mass is 10.1. The van der Waals surface area contributed by atoms with Crippen LogP contribution in [0.1, 0.15) is 31.4 Å². The molecule has 1 aromatic heterocycles. The van der Waals surface area contributed by atoms with Crippen LogP contribution < -0.4 is 10.1 Å². The fourth-order valence-electron chi connectivity index (χ4n) is 2.95.